The molecule has 0 saturated carbocycles. The molecule has 0 bridgehead atoms. The molecule has 0 aliphatic heterocycles. The standard InChI is InChI=1S/C18H24F3N3O/c1-17(16-22-9-11-24(16)4,25-12-6-10-23(2)3)14-7-5-8-15(13-14)18(19,20)21/h5,7-9,11,13H,6,10,12H2,1-4H3. The van der Waals surface area contributed by atoms with Crippen molar-refractivity contribution in [2.45, 2.75) is 25.1 Å². The van der Waals surface area contributed by atoms with Gasteiger partial charge in [0.15, 0.2) is 0 Å². The SMILES string of the molecule is CN(C)CCCOC(C)(c1cccc(C(F)(F)F)c1)c1nccn1C. The molecule has 0 aliphatic carbocycles. The van der Waals surface area contributed by atoms with Gasteiger partial charge in [-0.25, -0.2) is 4.98 Å². The number of hydrogen-bond acceptors (Lipinski definition) is 3. The summed E-state index contributed by atoms with van der Waals surface area (Å²) >= 11 is 0. The summed E-state index contributed by atoms with van der Waals surface area (Å²) in [5.74, 6) is 0.566. The van der Waals surface area contributed by atoms with E-state index < -0.39 is 17.3 Å². The maximum absolute atomic E-state index is 13.1. The zero-order valence-corrected chi connectivity index (χ0v) is 15.0. The molecule has 1 unspecified atom stereocenters. The molecule has 1 aromatic carbocycles. The van der Waals surface area contributed by atoms with E-state index in [9.17, 15) is 13.2 Å². The molecule has 25 heavy (non-hydrogen) atoms. The Morgan fingerprint density at radius 1 is 1.20 bits per heavy atom. The van der Waals surface area contributed by atoms with Crippen LogP contribution in [0.2, 0.25) is 0 Å². The number of aryl methyl sites for hydroxylation is 1. The van der Waals surface area contributed by atoms with Gasteiger partial charge in [-0.2, -0.15) is 13.2 Å². The Balaban J connectivity index is 2.37. The van der Waals surface area contributed by atoms with Crippen LogP contribution < -0.4 is 0 Å². The summed E-state index contributed by atoms with van der Waals surface area (Å²) in [7, 11) is 5.73. The van der Waals surface area contributed by atoms with E-state index in [0.29, 0.717) is 18.0 Å². The normalized spacial score (nSPS) is 14.7. The van der Waals surface area contributed by atoms with Gasteiger partial charge in [0.25, 0.3) is 0 Å². The van der Waals surface area contributed by atoms with E-state index >= 15 is 0 Å². The fourth-order valence-electron chi connectivity index (χ4n) is 2.75. The fourth-order valence-corrected chi connectivity index (χ4v) is 2.75. The van der Waals surface area contributed by atoms with Gasteiger partial charge >= 0.3 is 6.18 Å². The van der Waals surface area contributed by atoms with Crippen LogP contribution >= 0.6 is 0 Å². The Hall–Kier alpha value is -1.86. The number of ether oxygens (including phenoxy) is 1. The maximum Gasteiger partial charge on any atom is 0.416 e. The van der Waals surface area contributed by atoms with Gasteiger partial charge in [-0.05, 0) is 51.7 Å². The average molecular weight is 355 g/mol. The molecule has 2 rings (SSSR count). The molecule has 138 valence electrons. The van der Waals surface area contributed by atoms with Crippen LogP contribution in [0, 0.1) is 0 Å². The predicted molar refractivity (Wildman–Crippen MR) is 90.2 cm³/mol. The summed E-state index contributed by atoms with van der Waals surface area (Å²) in [6.45, 7) is 3.01. The van der Waals surface area contributed by atoms with E-state index in [4.69, 9.17) is 4.74 Å². The number of halogens is 3. The minimum atomic E-state index is -4.40. The highest BCUT2D eigenvalue weighted by molar-refractivity contribution is 5.34. The summed E-state index contributed by atoms with van der Waals surface area (Å²) in [4.78, 5) is 6.35. The molecule has 0 spiro atoms. The number of hydrogen-bond donors (Lipinski definition) is 0. The largest absolute Gasteiger partial charge is 0.416 e. The van der Waals surface area contributed by atoms with E-state index in [1.807, 2.05) is 19.0 Å². The van der Waals surface area contributed by atoms with Crippen molar-refractivity contribution in [2.75, 3.05) is 27.2 Å². The molecule has 1 aromatic heterocycles. The molecular formula is C18H24F3N3O. The van der Waals surface area contributed by atoms with Crippen LogP contribution in [0.3, 0.4) is 0 Å². The van der Waals surface area contributed by atoms with Gasteiger partial charge in [0.1, 0.15) is 11.4 Å². The molecule has 0 aliphatic rings. The molecule has 0 N–H and O–H groups in total. The predicted octanol–water partition coefficient (Wildman–Crippen LogP) is 3.67. The molecule has 0 amide bonds. The van der Waals surface area contributed by atoms with E-state index in [-0.39, 0.29) is 0 Å². The lowest BCUT2D eigenvalue weighted by Crippen LogP contribution is -2.32. The van der Waals surface area contributed by atoms with Gasteiger partial charge in [0.2, 0.25) is 0 Å². The molecule has 1 atom stereocenters. The zero-order chi connectivity index (χ0) is 18.7. The monoisotopic (exact) mass is 355 g/mol. The van der Waals surface area contributed by atoms with Crippen molar-refractivity contribution in [3.63, 3.8) is 0 Å². The molecule has 0 fully saturated rings. The highest BCUT2D eigenvalue weighted by atomic mass is 19.4. The average Bonchev–Trinajstić information content (AvgIpc) is 2.97. The summed E-state index contributed by atoms with van der Waals surface area (Å²) in [5.41, 5.74) is -1.32. The lowest BCUT2D eigenvalue weighted by Gasteiger charge is -2.31. The van der Waals surface area contributed by atoms with Crippen molar-refractivity contribution in [1.29, 1.82) is 0 Å². The van der Waals surface area contributed by atoms with Crippen LogP contribution in [-0.2, 0) is 23.6 Å². The second-order valence-electron chi connectivity index (χ2n) is 6.48. The molecule has 4 nitrogen and oxygen atoms in total. The number of rotatable bonds is 7. The Morgan fingerprint density at radius 2 is 1.88 bits per heavy atom. The second kappa shape index (κ2) is 7.58. The van der Waals surface area contributed by atoms with Gasteiger partial charge in [-0.15, -0.1) is 0 Å². The van der Waals surface area contributed by atoms with E-state index in [1.54, 1.807) is 37.0 Å². The first kappa shape index (κ1) is 19.5. The van der Waals surface area contributed by atoms with E-state index in [2.05, 4.69) is 4.98 Å². The Bertz CT molecular complexity index is 697. The molecule has 1 heterocycles. The van der Waals surface area contributed by atoms with Crippen LogP contribution in [-0.4, -0.2) is 41.7 Å². The summed E-state index contributed by atoms with van der Waals surface area (Å²) in [6, 6.07) is 5.26. The number of benzene rings is 1. The van der Waals surface area contributed by atoms with Gasteiger partial charge in [0, 0.05) is 26.0 Å². The van der Waals surface area contributed by atoms with Gasteiger partial charge in [0.05, 0.1) is 5.56 Å². The summed E-state index contributed by atoms with van der Waals surface area (Å²) in [6.07, 6.45) is -0.260. The molecule has 7 heteroatoms. The lowest BCUT2D eigenvalue weighted by atomic mass is 9.92. The van der Waals surface area contributed by atoms with Crippen molar-refractivity contribution in [2.24, 2.45) is 7.05 Å². The first-order chi connectivity index (χ1) is 11.6. The van der Waals surface area contributed by atoms with Crippen LogP contribution in [0.4, 0.5) is 13.2 Å². The molecule has 2 aromatic rings. The van der Waals surface area contributed by atoms with E-state index in [0.717, 1.165) is 25.1 Å². The minimum absolute atomic E-state index is 0.414. The first-order valence-corrected chi connectivity index (χ1v) is 8.09. The van der Waals surface area contributed by atoms with Crippen molar-refractivity contribution >= 4 is 0 Å². The van der Waals surface area contributed by atoms with Crippen molar-refractivity contribution < 1.29 is 17.9 Å². The third-order valence-electron chi connectivity index (χ3n) is 4.13. The van der Waals surface area contributed by atoms with Gasteiger partial charge < -0.3 is 14.2 Å². The topological polar surface area (TPSA) is 30.3 Å². The number of imidazole rings is 1. The van der Waals surface area contributed by atoms with Gasteiger partial charge in [-0.3, -0.25) is 0 Å². The third-order valence-corrected chi connectivity index (χ3v) is 4.13. The Morgan fingerprint density at radius 3 is 2.44 bits per heavy atom. The number of nitrogens with zero attached hydrogens (tertiary/aromatic N) is 3. The summed E-state index contributed by atoms with van der Waals surface area (Å²) in [5, 5.41) is 0. The van der Waals surface area contributed by atoms with Crippen LogP contribution in [0.15, 0.2) is 36.7 Å². The minimum Gasteiger partial charge on any atom is -0.363 e. The Labute approximate surface area is 146 Å². The van der Waals surface area contributed by atoms with Crippen LogP contribution in [0.25, 0.3) is 0 Å². The van der Waals surface area contributed by atoms with E-state index in [1.165, 1.54) is 6.07 Å². The lowest BCUT2D eigenvalue weighted by molar-refractivity contribution is -0.137. The maximum atomic E-state index is 13.1. The Kier molecular flexibility index (Phi) is 5.90. The first-order valence-electron chi connectivity index (χ1n) is 8.09. The van der Waals surface area contributed by atoms with Crippen molar-refractivity contribution in [1.82, 2.24) is 14.5 Å². The third kappa shape index (κ3) is 4.61. The fraction of sp³-hybridized carbons (Fsp3) is 0.500. The number of alkyl halides is 3. The second-order valence-corrected chi connectivity index (χ2v) is 6.48. The van der Waals surface area contributed by atoms with Crippen molar-refractivity contribution in [3.8, 4) is 0 Å². The summed E-state index contributed by atoms with van der Waals surface area (Å²) < 4.78 is 47.2. The highest BCUT2D eigenvalue weighted by Gasteiger charge is 2.37. The van der Waals surface area contributed by atoms with Crippen molar-refractivity contribution in [3.05, 3.63) is 53.6 Å². The highest BCUT2D eigenvalue weighted by Crippen LogP contribution is 2.36. The smallest absolute Gasteiger partial charge is 0.363 e. The molecular weight excluding hydrogens is 331 g/mol. The zero-order valence-electron chi connectivity index (χ0n) is 15.0. The van der Waals surface area contributed by atoms with Crippen LogP contribution in [0.1, 0.15) is 30.3 Å². The van der Waals surface area contributed by atoms with Crippen LogP contribution in [0.5, 0.6) is 0 Å². The number of aromatic nitrogens is 2. The quantitative estimate of drug-likeness (QED) is 0.710. The molecule has 0 radical (unpaired) electrons. The molecule has 0 saturated heterocycles. The van der Waals surface area contributed by atoms with Gasteiger partial charge in [-0.1, -0.05) is 12.1 Å².